The number of rotatable bonds is 7. The Labute approximate surface area is 160 Å². The summed E-state index contributed by atoms with van der Waals surface area (Å²) in [6, 6.07) is 13.9. The minimum Gasteiger partial charge on any atom is -0.395 e. The highest BCUT2D eigenvalue weighted by Crippen LogP contribution is 2.33. The minimum atomic E-state index is -0.0606. The van der Waals surface area contributed by atoms with Crippen LogP contribution in [0.5, 0.6) is 0 Å². The SMILES string of the molecule is C/C=C/c1ccc([C@H]2[C@H](CO)N[C@H]2CN(CC)C(=O)c2ccccn2)cc1. The van der Waals surface area contributed by atoms with Gasteiger partial charge in [0.15, 0.2) is 0 Å². The molecule has 5 heteroatoms. The number of aromatic nitrogens is 1. The van der Waals surface area contributed by atoms with Crippen molar-refractivity contribution in [2.45, 2.75) is 31.8 Å². The number of hydrogen-bond acceptors (Lipinski definition) is 4. The lowest BCUT2D eigenvalue weighted by Gasteiger charge is -2.47. The molecule has 1 saturated heterocycles. The molecule has 1 fully saturated rings. The first-order valence-electron chi connectivity index (χ1n) is 9.47. The van der Waals surface area contributed by atoms with E-state index in [2.05, 4.69) is 40.6 Å². The molecule has 1 amide bonds. The highest BCUT2D eigenvalue weighted by Gasteiger charge is 2.42. The van der Waals surface area contributed by atoms with Crippen LogP contribution in [0.3, 0.4) is 0 Å². The highest BCUT2D eigenvalue weighted by atomic mass is 16.3. The van der Waals surface area contributed by atoms with E-state index < -0.39 is 0 Å². The molecule has 1 aromatic heterocycles. The second kappa shape index (κ2) is 8.93. The summed E-state index contributed by atoms with van der Waals surface area (Å²) >= 11 is 0. The lowest BCUT2D eigenvalue weighted by atomic mass is 9.77. The Bertz CT molecular complexity index is 774. The Morgan fingerprint density at radius 2 is 2.00 bits per heavy atom. The van der Waals surface area contributed by atoms with E-state index in [9.17, 15) is 9.90 Å². The molecule has 2 aromatic rings. The van der Waals surface area contributed by atoms with E-state index in [0.29, 0.717) is 18.8 Å². The summed E-state index contributed by atoms with van der Waals surface area (Å²) in [6.45, 7) is 5.26. The molecule has 1 aromatic carbocycles. The number of amides is 1. The van der Waals surface area contributed by atoms with Gasteiger partial charge >= 0.3 is 0 Å². The predicted octanol–water partition coefficient (Wildman–Crippen LogP) is 2.69. The predicted molar refractivity (Wildman–Crippen MR) is 108 cm³/mol. The highest BCUT2D eigenvalue weighted by molar-refractivity contribution is 5.92. The van der Waals surface area contributed by atoms with Gasteiger partial charge in [0.2, 0.25) is 0 Å². The molecule has 0 radical (unpaired) electrons. The fourth-order valence-electron chi connectivity index (χ4n) is 3.71. The standard InChI is InChI=1S/C22H27N3O2/c1-3-7-16-9-11-17(12-10-16)21-19(24-20(21)15-26)14-25(4-2)22(27)18-8-5-6-13-23-18/h3,5-13,19-21,24,26H,4,14-15H2,1-2H3/b7-3+/t19-,20-,21+/m0/s1. The number of aliphatic hydroxyl groups excluding tert-OH is 1. The first-order valence-corrected chi connectivity index (χ1v) is 9.47. The summed E-state index contributed by atoms with van der Waals surface area (Å²) in [7, 11) is 0. The molecular formula is C22H27N3O2. The van der Waals surface area contributed by atoms with Gasteiger partial charge in [-0.3, -0.25) is 9.78 Å². The van der Waals surface area contributed by atoms with Crippen LogP contribution in [0.4, 0.5) is 0 Å². The van der Waals surface area contributed by atoms with Crippen molar-refractivity contribution in [1.82, 2.24) is 15.2 Å². The van der Waals surface area contributed by atoms with E-state index in [0.717, 1.165) is 5.56 Å². The maximum absolute atomic E-state index is 12.7. The van der Waals surface area contributed by atoms with Gasteiger partial charge in [-0.25, -0.2) is 0 Å². The van der Waals surface area contributed by atoms with Crippen molar-refractivity contribution < 1.29 is 9.90 Å². The normalized spacial score (nSPS) is 21.8. The number of nitrogens with zero attached hydrogens (tertiary/aromatic N) is 2. The van der Waals surface area contributed by atoms with Crippen molar-refractivity contribution in [2.24, 2.45) is 0 Å². The lowest BCUT2D eigenvalue weighted by molar-refractivity contribution is 0.0636. The van der Waals surface area contributed by atoms with Crippen LogP contribution in [-0.4, -0.2) is 52.7 Å². The average Bonchev–Trinajstić information content (AvgIpc) is 2.69. The van der Waals surface area contributed by atoms with Crippen LogP contribution in [0.15, 0.2) is 54.7 Å². The van der Waals surface area contributed by atoms with E-state index in [1.807, 2.05) is 30.9 Å². The molecule has 5 nitrogen and oxygen atoms in total. The van der Waals surface area contributed by atoms with Gasteiger partial charge in [0, 0.05) is 37.3 Å². The summed E-state index contributed by atoms with van der Waals surface area (Å²) < 4.78 is 0. The van der Waals surface area contributed by atoms with Crippen molar-refractivity contribution in [1.29, 1.82) is 0 Å². The number of likely N-dealkylation sites (N-methyl/N-ethyl adjacent to an activating group) is 1. The Balaban J connectivity index is 1.73. The van der Waals surface area contributed by atoms with Crippen LogP contribution < -0.4 is 5.32 Å². The molecule has 0 unspecified atom stereocenters. The van der Waals surface area contributed by atoms with E-state index in [4.69, 9.17) is 0 Å². The summed E-state index contributed by atoms with van der Waals surface area (Å²) in [6.07, 6.45) is 5.72. The van der Waals surface area contributed by atoms with Crippen LogP contribution in [0, 0.1) is 0 Å². The monoisotopic (exact) mass is 365 g/mol. The molecule has 2 N–H and O–H groups in total. The van der Waals surface area contributed by atoms with Gasteiger partial charge in [0.1, 0.15) is 5.69 Å². The quantitative estimate of drug-likeness (QED) is 0.792. The molecule has 0 bridgehead atoms. The van der Waals surface area contributed by atoms with Crippen LogP contribution in [-0.2, 0) is 0 Å². The van der Waals surface area contributed by atoms with Crippen LogP contribution in [0.2, 0.25) is 0 Å². The van der Waals surface area contributed by atoms with Crippen LogP contribution in [0.1, 0.15) is 41.4 Å². The van der Waals surface area contributed by atoms with Gasteiger partial charge in [-0.2, -0.15) is 0 Å². The number of nitrogens with one attached hydrogen (secondary N) is 1. The van der Waals surface area contributed by atoms with Crippen molar-refractivity contribution in [3.05, 3.63) is 71.6 Å². The number of benzene rings is 1. The first kappa shape index (κ1) is 19.3. The molecule has 3 atom stereocenters. The molecule has 142 valence electrons. The van der Waals surface area contributed by atoms with Crippen molar-refractivity contribution >= 4 is 12.0 Å². The molecule has 0 spiro atoms. The smallest absolute Gasteiger partial charge is 0.272 e. The van der Waals surface area contributed by atoms with Gasteiger partial charge in [-0.15, -0.1) is 0 Å². The average molecular weight is 365 g/mol. The summed E-state index contributed by atoms with van der Waals surface area (Å²) in [5.41, 5.74) is 2.81. The fraction of sp³-hybridized carbons (Fsp3) is 0.364. The van der Waals surface area contributed by atoms with Crippen LogP contribution in [0.25, 0.3) is 6.08 Å². The molecule has 3 rings (SSSR count). The van der Waals surface area contributed by atoms with Gasteiger partial charge in [-0.05, 0) is 37.1 Å². The third-order valence-electron chi connectivity index (χ3n) is 5.14. The zero-order valence-corrected chi connectivity index (χ0v) is 15.9. The molecule has 0 aliphatic carbocycles. The van der Waals surface area contributed by atoms with E-state index in [-0.39, 0.29) is 30.5 Å². The maximum atomic E-state index is 12.7. The zero-order valence-electron chi connectivity index (χ0n) is 15.9. The Kier molecular flexibility index (Phi) is 6.37. The fourth-order valence-corrected chi connectivity index (χ4v) is 3.71. The van der Waals surface area contributed by atoms with Crippen molar-refractivity contribution in [2.75, 3.05) is 19.7 Å². The van der Waals surface area contributed by atoms with Gasteiger partial charge in [0.05, 0.1) is 6.61 Å². The number of aliphatic hydroxyl groups is 1. The van der Waals surface area contributed by atoms with Gasteiger partial charge < -0.3 is 15.3 Å². The Morgan fingerprint density at radius 1 is 1.22 bits per heavy atom. The van der Waals surface area contributed by atoms with E-state index in [1.165, 1.54) is 5.56 Å². The number of carbonyl (C=O) groups excluding carboxylic acids is 1. The molecule has 0 saturated carbocycles. The van der Waals surface area contributed by atoms with Gasteiger partial charge in [-0.1, -0.05) is 42.5 Å². The molecular weight excluding hydrogens is 338 g/mol. The zero-order chi connectivity index (χ0) is 19.2. The molecule has 1 aliphatic heterocycles. The number of carbonyl (C=O) groups is 1. The largest absolute Gasteiger partial charge is 0.395 e. The second-order valence-electron chi connectivity index (χ2n) is 6.81. The van der Waals surface area contributed by atoms with Crippen LogP contribution >= 0.6 is 0 Å². The Hall–Kier alpha value is -2.50. The van der Waals surface area contributed by atoms with Gasteiger partial charge in [0.25, 0.3) is 5.91 Å². The Morgan fingerprint density at radius 3 is 2.59 bits per heavy atom. The third-order valence-corrected chi connectivity index (χ3v) is 5.14. The maximum Gasteiger partial charge on any atom is 0.272 e. The topological polar surface area (TPSA) is 65.5 Å². The minimum absolute atomic E-state index is 0.0197. The molecule has 27 heavy (non-hydrogen) atoms. The number of allylic oxidation sites excluding steroid dienone is 1. The summed E-state index contributed by atoms with van der Waals surface area (Å²) in [5.74, 6) is 0.120. The number of pyridine rings is 1. The summed E-state index contributed by atoms with van der Waals surface area (Å²) in [5, 5.41) is 13.1. The second-order valence-corrected chi connectivity index (χ2v) is 6.81. The first-order chi connectivity index (χ1) is 13.2. The molecule has 2 heterocycles. The number of hydrogen-bond donors (Lipinski definition) is 2. The lowest BCUT2D eigenvalue weighted by Crippen LogP contribution is -2.65. The summed E-state index contributed by atoms with van der Waals surface area (Å²) in [4.78, 5) is 18.7. The van der Waals surface area contributed by atoms with E-state index in [1.54, 1.807) is 18.3 Å². The van der Waals surface area contributed by atoms with E-state index >= 15 is 0 Å². The molecule has 1 aliphatic rings. The third kappa shape index (κ3) is 4.26. The van der Waals surface area contributed by atoms with Crippen molar-refractivity contribution in [3.63, 3.8) is 0 Å². The van der Waals surface area contributed by atoms with Crippen molar-refractivity contribution in [3.8, 4) is 0 Å².